The van der Waals surface area contributed by atoms with Crippen LogP contribution in [0.4, 0.5) is 11.5 Å². The molecular weight excluding hydrogens is 230 g/mol. The fourth-order valence-electron chi connectivity index (χ4n) is 1.65. The van der Waals surface area contributed by atoms with Crippen molar-refractivity contribution < 1.29 is 4.74 Å². The van der Waals surface area contributed by atoms with E-state index < -0.39 is 0 Å². The van der Waals surface area contributed by atoms with E-state index in [0.29, 0.717) is 11.7 Å². The van der Waals surface area contributed by atoms with Gasteiger partial charge in [0.1, 0.15) is 0 Å². The van der Waals surface area contributed by atoms with Gasteiger partial charge in [-0.05, 0) is 6.07 Å². The first-order chi connectivity index (χ1) is 8.86. The lowest BCUT2D eigenvalue weighted by Crippen LogP contribution is -1.98. The van der Waals surface area contributed by atoms with Crippen molar-refractivity contribution in [2.24, 2.45) is 0 Å². The third-order valence-corrected chi connectivity index (χ3v) is 2.52. The van der Waals surface area contributed by atoms with E-state index in [0.717, 1.165) is 11.3 Å². The Bertz CT molecular complexity index is 662. The third kappa shape index (κ3) is 1.84. The second-order valence-corrected chi connectivity index (χ2v) is 3.65. The van der Waals surface area contributed by atoms with Crippen LogP contribution in [0.2, 0.25) is 0 Å². The standard InChI is InChI=1S/C12H11N5O/c1-18-10-3-2-9(8-15-10)16-11-12-14-5-7-17(12)6-4-13-11/h2-8H,1H3,(H,13,16). The molecule has 6 nitrogen and oxygen atoms in total. The minimum absolute atomic E-state index is 0.576. The van der Waals surface area contributed by atoms with Crippen molar-refractivity contribution >= 4 is 17.2 Å². The van der Waals surface area contributed by atoms with E-state index in [9.17, 15) is 0 Å². The fraction of sp³-hybridized carbons (Fsp3) is 0.0833. The van der Waals surface area contributed by atoms with Gasteiger partial charge in [0.05, 0.1) is 19.0 Å². The van der Waals surface area contributed by atoms with Gasteiger partial charge in [-0.15, -0.1) is 0 Å². The number of methoxy groups -OCH3 is 1. The number of aromatic nitrogens is 4. The molecule has 1 N–H and O–H groups in total. The first-order valence-electron chi connectivity index (χ1n) is 5.41. The molecule has 0 spiro atoms. The van der Waals surface area contributed by atoms with Crippen LogP contribution < -0.4 is 10.1 Å². The van der Waals surface area contributed by atoms with Gasteiger partial charge in [-0.1, -0.05) is 0 Å². The summed E-state index contributed by atoms with van der Waals surface area (Å²) in [6.07, 6.45) is 8.85. The molecule has 3 rings (SSSR count). The van der Waals surface area contributed by atoms with Crippen molar-refractivity contribution in [1.29, 1.82) is 0 Å². The molecule has 0 saturated carbocycles. The van der Waals surface area contributed by atoms with Gasteiger partial charge in [-0.25, -0.2) is 15.0 Å². The molecule has 0 aliphatic rings. The third-order valence-electron chi connectivity index (χ3n) is 2.52. The Morgan fingerprint density at radius 1 is 1.11 bits per heavy atom. The number of fused-ring (bicyclic) bond motifs is 1. The largest absolute Gasteiger partial charge is 0.481 e. The summed E-state index contributed by atoms with van der Waals surface area (Å²) >= 11 is 0. The summed E-state index contributed by atoms with van der Waals surface area (Å²) in [5.41, 5.74) is 1.60. The van der Waals surface area contributed by atoms with Crippen LogP contribution in [0, 0.1) is 0 Å². The molecule has 0 bridgehead atoms. The first kappa shape index (κ1) is 10.5. The summed E-state index contributed by atoms with van der Waals surface area (Å²) in [6.45, 7) is 0. The van der Waals surface area contributed by atoms with Crippen LogP contribution in [-0.4, -0.2) is 26.5 Å². The molecular formula is C12H11N5O. The highest BCUT2D eigenvalue weighted by Crippen LogP contribution is 2.18. The van der Waals surface area contributed by atoms with Gasteiger partial charge in [0.2, 0.25) is 5.88 Å². The van der Waals surface area contributed by atoms with Crippen molar-refractivity contribution in [1.82, 2.24) is 19.4 Å². The Morgan fingerprint density at radius 2 is 1.94 bits per heavy atom. The molecule has 0 aromatic carbocycles. The van der Waals surface area contributed by atoms with Crippen LogP contribution in [0.25, 0.3) is 5.65 Å². The Morgan fingerprint density at radius 3 is 2.67 bits per heavy atom. The van der Waals surface area contributed by atoms with Gasteiger partial charge in [0.15, 0.2) is 11.5 Å². The SMILES string of the molecule is COc1ccc(Nc2nccn3ccnc23)cn1. The van der Waals surface area contributed by atoms with Gasteiger partial charge in [-0.2, -0.15) is 0 Å². The molecule has 3 aromatic heterocycles. The maximum Gasteiger partial charge on any atom is 0.213 e. The number of hydrogen-bond donors (Lipinski definition) is 1. The van der Waals surface area contributed by atoms with E-state index in [1.165, 1.54) is 0 Å². The molecule has 0 atom stereocenters. The normalized spacial score (nSPS) is 10.5. The van der Waals surface area contributed by atoms with Crippen LogP contribution in [0.1, 0.15) is 0 Å². The van der Waals surface area contributed by atoms with Crippen LogP contribution in [-0.2, 0) is 0 Å². The predicted octanol–water partition coefficient (Wildman–Crippen LogP) is 1.88. The molecule has 0 aliphatic carbocycles. The zero-order valence-electron chi connectivity index (χ0n) is 9.74. The fourth-order valence-corrected chi connectivity index (χ4v) is 1.65. The minimum Gasteiger partial charge on any atom is -0.481 e. The van der Waals surface area contributed by atoms with Gasteiger partial charge < -0.3 is 14.5 Å². The Balaban J connectivity index is 1.93. The van der Waals surface area contributed by atoms with Crippen molar-refractivity contribution in [3.05, 3.63) is 43.1 Å². The number of anilines is 2. The number of ether oxygens (including phenoxy) is 1. The topological polar surface area (TPSA) is 64.3 Å². The van der Waals surface area contributed by atoms with E-state index in [-0.39, 0.29) is 0 Å². The summed E-state index contributed by atoms with van der Waals surface area (Å²) in [6, 6.07) is 3.66. The molecule has 18 heavy (non-hydrogen) atoms. The minimum atomic E-state index is 0.576. The van der Waals surface area contributed by atoms with Gasteiger partial charge in [-0.3, -0.25) is 0 Å². The average Bonchev–Trinajstić information content (AvgIpc) is 2.89. The molecule has 90 valence electrons. The molecule has 6 heteroatoms. The van der Waals surface area contributed by atoms with Crippen molar-refractivity contribution in [3.8, 4) is 5.88 Å². The summed E-state index contributed by atoms with van der Waals surface area (Å²) in [5.74, 6) is 1.27. The van der Waals surface area contributed by atoms with Gasteiger partial charge in [0.25, 0.3) is 0 Å². The average molecular weight is 241 g/mol. The lowest BCUT2D eigenvalue weighted by atomic mass is 10.4. The van der Waals surface area contributed by atoms with Crippen molar-refractivity contribution in [2.75, 3.05) is 12.4 Å². The summed E-state index contributed by atoms with van der Waals surface area (Å²) in [7, 11) is 1.59. The highest BCUT2D eigenvalue weighted by atomic mass is 16.5. The second kappa shape index (κ2) is 4.33. The Hall–Kier alpha value is -2.63. The molecule has 3 aromatic rings. The van der Waals surface area contributed by atoms with E-state index >= 15 is 0 Å². The van der Waals surface area contributed by atoms with Crippen LogP contribution in [0.5, 0.6) is 5.88 Å². The molecule has 0 unspecified atom stereocenters. The van der Waals surface area contributed by atoms with Crippen LogP contribution in [0.3, 0.4) is 0 Å². The predicted molar refractivity (Wildman–Crippen MR) is 67.1 cm³/mol. The molecule has 0 amide bonds. The monoisotopic (exact) mass is 241 g/mol. The Kier molecular flexibility index (Phi) is 2.53. The van der Waals surface area contributed by atoms with Crippen LogP contribution >= 0.6 is 0 Å². The zero-order valence-corrected chi connectivity index (χ0v) is 9.74. The second-order valence-electron chi connectivity index (χ2n) is 3.65. The number of rotatable bonds is 3. The zero-order chi connectivity index (χ0) is 12.4. The van der Waals surface area contributed by atoms with Crippen molar-refractivity contribution in [3.63, 3.8) is 0 Å². The maximum atomic E-state index is 5.01. The Labute approximate surface area is 103 Å². The number of nitrogens with zero attached hydrogens (tertiary/aromatic N) is 4. The van der Waals surface area contributed by atoms with E-state index in [4.69, 9.17) is 4.74 Å². The number of pyridine rings is 1. The summed E-state index contributed by atoms with van der Waals surface area (Å²) < 4.78 is 6.90. The van der Waals surface area contributed by atoms with E-state index in [2.05, 4.69) is 20.3 Å². The lowest BCUT2D eigenvalue weighted by Gasteiger charge is -2.06. The summed E-state index contributed by atoms with van der Waals surface area (Å²) in [5, 5.41) is 3.17. The van der Waals surface area contributed by atoms with Crippen molar-refractivity contribution in [2.45, 2.75) is 0 Å². The molecule has 0 saturated heterocycles. The maximum absolute atomic E-state index is 5.01. The number of imidazole rings is 1. The highest BCUT2D eigenvalue weighted by molar-refractivity contribution is 5.69. The number of hydrogen-bond acceptors (Lipinski definition) is 5. The highest BCUT2D eigenvalue weighted by Gasteiger charge is 2.04. The molecule has 0 aliphatic heterocycles. The molecule has 3 heterocycles. The van der Waals surface area contributed by atoms with Gasteiger partial charge >= 0.3 is 0 Å². The first-order valence-corrected chi connectivity index (χ1v) is 5.41. The van der Waals surface area contributed by atoms with E-state index in [1.807, 2.05) is 22.9 Å². The van der Waals surface area contributed by atoms with E-state index in [1.54, 1.807) is 31.8 Å². The molecule has 0 radical (unpaired) electrons. The van der Waals surface area contributed by atoms with Gasteiger partial charge in [0, 0.05) is 30.9 Å². The quantitative estimate of drug-likeness (QED) is 0.758. The van der Waals surface area contributed by atoms with Crippen LogP contribution in [0.15, 0.2) is 43.1 Å². The summed E-state index contributed by atoms with van der Waals surface area (Å²) in [4.78, 5) is 12.6. The number of nitrogens with one attached hydrogen (secondary N) is 1. The smallest absolute Gasteiger partial charge is 0.213 e. The lowest BCUT2D eigenvalue weighted by molar-refractivity contribution is 0.398. The molecule has 0 fully saturated rings.